The Kier molecular flexibility index (Phi) is 7.35. The van der Waals surface area contributed by atoms with Crippen molar-refractivity contribution in [3.05, 3.63) is 65.7 Å². The Morgan fingerprint density at radius 3 is 2.40 bits per heavy atom. The lowest BCUT2D eigenvalue weighted by Gasteiger charge is -2.16. The summed E-state index contributed by atoms with van der Waals surface area (Å²) in [5.74, 6) is 0.243. The van der Waals surface area contributed by atoms with Crippen molar-refractivity contribution >= 4 is 23.5 Å². The summed E-state index contributed by atoms with van der Waals surface area (Å²) >= 11 is 1.23. The number of nitrogens with one attached hydrogen (secondary N) is 1. The molecule has 0 aliphatic carbocycles. The Balaban J connectivity index is 1.61. The van der Waals surface area contributed by atoms with Gasteiger partial charge in [0.2, 0.25) is 11.1 Å². The van der Waals surface area contributed by atoms with Crippen molar-refractivity contribution in [1.82, 2.24) is 25.5 Å². The molecule has 0 aliphatic heterocycles. The van der Waals surface area contributed by atoms with Crippen LogP contribution in [0.25, 0.3) is 5.69 Å². The molecule has 1 atom stereocenters. The smallest absolute Gasteiger partial charge is 0.231 e. The summed E-state index contributed by atoms with van der Waals surface area (Å²) < 4.78 is 1.61. The molecule has 156 valence electrons. The molecule has 0 fully saturated rings. The van der Waals surface area contributed by atoms with Gasteiger partial charge in [0.05, 0.1) is 17.5 Å². The van der Waals surface area contributed by atoms with Gasteiger partial charge in [-0.2, -0.15) is 4.68 Å². The first-order chi connectivity index (χ1) is 14.4. The number of thioether (sulfide) groups is 1. The Labute approximate surface area is 180 Å². The summed E-state index contributed by atoms with van der Waals surface area (Å²) in [7, 11) is 0. The second-order valence-corrected chi connectivity index (χ2v) is 8.27. The number of amides is 1. The Morgan fingerprint density at radius 1 is 1.07 bits per heavy atom. The third-order valence-corrected chi connectivity index (χ3v) is 5.61. The highest BCUT2D eigenvalue weighted by Gasteiger charge is 2.19. The maximum atomic E-state index is 12.4. The predicted molar refractivity (Wildman–Crippen MR) is 117 cm³/mol. The fourth-order valence-electron chi connectivity index (χ4n) is 2.94. The molecule has 30 heavy (non-hydrogen) atoms. The predicted octanol–water partition coefficient (Wildman–Crippen LogP) is 3.19. The number of hydrogen-bond acceptors (Lipinski definition) is 6. The van der Waals surface area contributed by atoms with Crippen molar-refractivity contribution in [3.63, 3.8) is 0 Å². The van der Waals surface area contributed by atoms with E-state index in [2.05, 4.69) is 34.7 Å². The third kappa shape index (κ3) is 5.76. The van der Waals surface area contributed by atoms with E-state index in [1.165, 1.54) is 24.2 Å². The van der Waals surface area contributed by atoms with Gasteiger partial charge in [-0.05, 0) is 52.9 Å². The van der Waals surface area contributed by atoms with Gasteiger partial charge in [0, 0.05) is 0 Å². The third-order valence-electron chi connectivity index (χ3n) is 4.69. The zero-order valence-electron chi connectivity index (χ0n) is 17.3. The van der Waals surface area contributed by atoms with E-state index in [0.717, 1.165) is 11.3 Å². The minimum Gasteiger partial charge on any atom is -0.345 e. The van der Waals surface area contributed by atoms with Crippen LogP contribution in [-0.4, -0.2) is 43.7 Å². The van der Waals surface area contributed by atoms with Crippen LogP contribution in [0.1, 0.15) is 37.8 Å². The maximum absolute atomic E-state index is 12.4. The van der Waals surface area contributed by atoms with Crippen molar-refractivity contribution in [2.45, 2.75) is 44.3 Å². The van der Waals surface area contributed by atoms with E-state index in [-0.39, 0.29) is 17.4 Å². The second-order valence-electron chi connectivity index (χ2n) is 7.33. The topological polar surface area (TPSA) is 89.8 Å². The lowest BCUT2D eigenvalue weighted by atomic mass is 10.0. The molecular formula is C22H25N5O2S. The van der Waals surface area contributed by atoms with E-state index < -0.39 is 6.04 Å². The number of Topliss-reactive ketones (excluding diaryl/α,β-unsaturated/α-hetero) is 1. The summed E-state index contributed by atoms with van der Waals surface area (Å²) in [5.41, 5.74) is 3.06. The molecule has 0 radical (unpaired) electrons. The zero-order valence-corrected chi connectivity index (χ0v) is 18.1. The standard InChI is InChI=1S/C22H25N5O2S/c1-15(2)18-9-11-19(12-10-18)27-22(24-25-26-27)30-14-21(29)23-20(16(3)28)13-17-7-5-4-6-8-17/h4-12,15,20H,13-14H2,1-3H3,(H,23,29)/t20-/m0/s1. The molecule has 0 spiro atoms. The largest absolute Gasteiger partial charge is 0.345 e. The molecule has 0 saturated heterocycles. The summed E-state index contributed by atoms with van der Waals surface area (Å²) in [6.45, 7) is 5.76. The van der Waals surface area contributed by atoms with E-state index in [1.807, 2.05) is 54.6 Å². The monoisotopic (exact) mass is 423 g/mol. The van der Waals surface area contributed by atoms with Gasteiger partial charge < -0.3 is 5.32 Å². The van der Waals surface area contributed by atoms with Crippen molar-refractivity contribution in [2.75, 3.05) is 5.75 Å². The number of aromatic nitrogens is 4. The molecule has 0 bridgehead atoms. The van der Waals surface area contributed by atoms with E-state index >= 15 is 0 Å². The van der Waals surface area contributed by atoms with Crippen LogP contribution in [0.5, 0.6) is 0 Å². The average molecular weight is 424 g/mol. The SMILES string of the molecule is CC(=O)[C@H](Cc1ccccc1)NC(=O)CSc1nnnn1-c1ccc(C(C)C)cc1. The molecule has 3 rings (SSSR count). The molecule has 2 aromatic carbocycles. The van der Waals surface area contributed by atoms with E-state index in [9.17, 15) is 9.59 Å². The van der Waals surface area contributed by atoms with E-state index in [4.69, 9.17) is 0 Å². The number of tetrazole rings is 1. The Bertz CT molecular complexity index is 986. The van der Waals surface area contributed by atoms with Crippen LogP contribution >= 0.6 is 11.8 Å². The number of carbonyl (C=O) groups excluding carboxylic acids is 2. The van der Waals surface area contributed by atoms with Crippen LogP contribution in [0.4, 0.5) is 0 Å². The lowest BCUT2D eigenvalue weighted by molar-refractivity contribution is -0.125. The van der Waals surface area contributed by atoms with Gasteiger partial charge >= 0.3 is 0 Å². The molecule has 0 aliphatic rings. The normalized spacial score (nSPS) is 12.0. The summed E-state index contributed by atoms with van der Waals surface area (Å²) in [5, 5.41) is 15.1. The lowest BCUT2D eigenvalue weighted by Crippen LogP contribution is -2.42. The van der Waals surface area contributed by atoms with Crippen LogP contribution in [0.15, 0.2) is 59.8 Å². The number of hydrogen-bond donors (Lipinski definition) is 1. The zero-order chi connectivity index (χ0) is 21.5. The van der Waals surface area contributed by atoms with Crippen LogP contribution in [0.3, 0.4) is 0 Å². The maximum Gasteiger partial charge on any atom is 0.231 e. The van der Waals surface area contributed by atoms with E-state index in [1.54, 1.807) is 4.68 Å². The van der Waals surface area contributed by atoms with E-state index in [0.29, 0.717) is 17.5 Å². The number of rotatable bonds is 9. The molecule has 1 aromatic heterocycles. The number of nitrogens with zero attached hydrogens (tertiary/aromatic N) is 4. The summed E-state index contributed by atoms with van der Waals surface area (Å²) in [4.78, 5) is 24.4. The molecule has 1 amide bonds. The van der Waals surface area contributed by atoms with Crippen molar-refractivity contribution in [3.8, 4) is 5.69 Å². The average Bonchev–Trinajstić information content (AvgIpc) is 3.21. The molecular weight excluding hydrogens is 398 g/mol. The summed E-state index contributed by atoms with van der Waals surface area (Å²) in [6, 6.07) is 17.1. The highest BCUT2D eigenvalue weighted by Crippen LogP contribution is 2.20. The molecule has 1 heterocycles. The quantitative estimate of drug-likeness (QED) is 0.532. The highest BCUT2D eigenvalue weighted by molar-refractivity contribution is 7.99. The van der Waals surface area contributed by atoms with Gasteiger partial charge in [-0.25, -0.2) is 0 Å². The molecule has 0 unspecified atom stereocenters. The summed E-state index contributed by atoms with van der Waals surface area (Å²) in [6.07, 6.45) is 0.465. The van der Waals surface area contributed by atoms with Crippen molar-refractivity contribution in [2.24, 2.45) is 0 Å². The first-order valence-corrected chi connectivity index (χ1v) is 10.8. The van der Waals surface area contributed by atoms with Crippen molar-refractivity contribution < 1.29 is 9.59 Å². The van der Waals surface area contributed by atoms with Crippen LogP contribution in [0, 0.1) is 0 Å². The highest BCUT2D eigenvalue weighted by atomic mass is 32.2. The van der Waals surface area contributed by atoms with Gasteiger partial charge in [-0.1, -0.05) is 68.1 Å². The van der Waals surface area contributed by atoms with Gasteiger partial charge in [0.1, 0.15) is 0 Å². The van der Waals surface area contributed by atoms with Gasteiger partial charge in [0.15, 0.2) is 5.78 Å². The van der Waals surface area contributed by atoms with Gasteiger partial charge in [-0.15, -0.1) is 5.10 Å². The number of carbonyl (C=O) groups is 2. The van der Waals surface area contributed by atoms with Crippen LogP contribution in [-0.2, 0) is 16.0 Å². The number of benzene rings is 2. The van der Waals surface area contributed by atoms with Crippen molar-refractivity contribution in [1.29, 1.82) is 0 Å². The van der Waals surface area contributed by atoms with Gasteiger partial charge in [-0.3, -0.25) is 9.59 Å². The molecule has 1 N–H and O–H groups in total. The molecule has 3 aromatic rings. The molecule has 8 heteroatoms. The first kappa shape index (κ1) is 21.7. The first-order valence-electron chi connectivity index (χ1n) is 9.79. The second kappa shape index (κ2) is 10.2. The fourth-order valence-corrected chi connectivity index (χ4v) is 3.65. The van der Waals surface area contributed by atoms with Crippen LogP contribution < -0.4 is 5.32 Å². The van der Waals surface area contributed by atoms with Gasteiger partial charge in [0.25, 0.3) is 0 Å². The Hall–Kier alpha value is -3.00. The van der Waals surface area contributed by atoms with Crippen LogP contribution in [0.2, 0.25) is 0 Å². The minimum absolute atomic E-state index is 0.0766. The number of ketones is 1. The molecule has 7 nitrogen and oxygen atoms in total. The Morgan fingerprint density at radius 2 is 1.77 bits per heavy atom. The molecule has 0 saturated carbocycles. The minimum atomic E-state index is -0.555. The fraction of sp³-hybridized carbons (Fsp3) is 0.318.